The molecule has 3 rings (SSSR count). The fourth-order valence-electron chi connectivity index (χ4n) is 3.95. The largest absolute Gasteiger partial charge is 0.493 e. The number of carbonyl (C=O) groups is 1. The Bertz CT molecular complexity index is 1270. The zero-order valence-corrected chi connectivity index (χ0v) is 21.6. The van der Waals surface area contributed by atoms with Gasteiger partial charge in [0.2, 0.25) is 10.0 Å². The van der Waals surface area contributed by atoms with Crippen LogP contribution in [-0.2, 0) is 23.0 Å². The van der Waals surface area contributed by atoms with Crippen LogP contribution in [0.5, 0.6) is 11.5 Å². The molecular formula is C27H32N2O5S. The Morgan fingerprint density at radius 3 is 2.06 bits per heavy atom. The van der Waals surface area contributed by atoms with Crippen molar-refractivity contribution in [3.05, 3.63) is 88.5 Å². The first-order chi connectivity index (χ1) is 16.6. The van der Waals surface area contributed by atoms with Crippen LogP contribution in [0, 0.1) is 13.8 Å². The van der Waals surface area contributed by atoms with Crippen LogP contribution in [0.2, 0.25) is 0 Å². The van der Waals surface area contributed by atoms with Gasteiger partial charge < -0.3 is 14.8 Å². The van der Waals surface area contributed by atoms with Gasteiger partial charge in [0.25, 0.3) is 5.91 Å². The van der Waals surface area contributed by atoms with Crippen LogP contribution in [0.4, 0.5) is 5.69 Å². The molecule has 1 N–H and O–H groups in total. The lowest BCUT2D eigenvalue weighted by Crippen LogP contribution is -2.30. The van der Waals surface area contributed by atoms with Crippen LogP contribution in [0.25, 0.3) is 0 Å². The summed E-state index contributed by atoms with van der Waals surface area (Å²) in [5, 5.41) is 2.92. The molecule has 0 radical (unpaired) electrons. The summed E-state index contributed by atoms with van der Waals surface area (Å²) >= 11 is 0. The van der Waals surface area contributed by atoms with E-state index in [9.17, 15) is 13.2 Å². The lowest BCUT2D eigenvalue weighted by atomic mass is 10.1. The number of ether oxygens (including phenoxy) is 2. The number of anilines is 1. The van der Waals surface area contributed by atoms with Crippen LogP contribution in [0.1, 0.15) is 32.6 Å². The first-order valence-electron chi connectivity index (χ1n) is 11.3. The molecule has 0 aromatic heterocycles. The van der Waals surface area contributed by atoms with Crippen LogP contribution in [-0.4, -0.2) is 41.3 Å². The van der Waals surface area contributed by atoms with E-state index in [1.807, 2.05) is 50.2 Å². The van der Waals surface area contributed by atoms with Gasteiger partial charge in [0, 0.05) is 12.1 Å². The van der Waals surface area contributed by atoms with Gasteiger partial charge in [-0.15, -0.1) is 0 Å². The van der Waals surface area contributed by atoms with E-state index in [1.165, 1.54) is 10.6 Å². The minimum Gasteiger partial charge on any atom is -0.493 e. The zero-order valence-electron chi connectivity index (χ0n) is 20.8. The molecule has 0 fully saturated rings. The predicted molar refractivity (Wildman–Crippen MR) is 139 cm³/mol. The minimum atomic E-state index is -3.50. The van der Waals surface area contributed by atoms with Gasteiger partial charge in [-0.2, -0.15) is 0 Å². The summed E-state index contributed by atoms with van der Waals surface area (Å²) in [6, 6.07) is 18.4. The molecule has 0 aliphatic carbocycles. The van der Waals surface area contributed by atoms with Crippen molar-refractivity contribution in [2.75, 3.05) is 31.3 Å². The summed E-state index contributed by atoms with van der Waals surface area (Å²) in [5.74, 6) is 1.12. The molecule has 7 nitrogen and oxygen atoms in total. The van der Waals surface area contributed by atoms with E-state index in [-0.39, 0.29) is 12.5 Å². The maximum absolute atomic E-state index is 12.6. The summed E-state index contributed by atoms with van der Waals surface area (Å²) < 4.78 is 37.1. The Labute approximate surface area is 207 Å². The van der Waals surface area contributed by atoms with Crippen molar-refractivity contribution in [2.45, 2.75) is 26.8 Å². The van der Waals surface area contributed by atoms with Crippen molar-refractivity contribution in [1.82, 2.24) is 5.32 Å². The van der Waals surface area contributed by atoms with Crippen molar-refractivity contribution in [3.8, 4) is 11.5 Å². The summed E-state index contributed by atoms with van der Waals surface area (Å²) in [6.45, 7) is 4.45. The van der Waals surface area contributed by atoms with Crippen molar-refractivity contribution < 1.29 is 22.7 Å². The Morgan fingerprint density at radius 2 is 1.49 bits per heavy atom. The highest BCUT2D eigenvalue weighted by Gasteiger charge is 2.21. The van der Waals surface area contributed by atoms with Crippen LogP contribution in [0.15, 0.2) is 60.7 Å². The smallest absolute Gasteiger partial charge is 0.251 e. The number of hydrogen-bond acceptors (Lipinski definition) is 5. The lowest BCUT2D eigenvalue weighted by Gasteiger charge is -2.26. The normalized spacial score (nSPS) is 11.1. The summed E-state index contributed by atoms with van der Waals surface area (Å²) in [5.41, 5.74) is 4.79. The van der Waals surface area contributed by atoms with Crippen molar-refractivity contribution in [1.29, 1.82) is 0 Å². The summed E-state index contributed by atoms with van der Waals surface area (Å²) in [6.07, 6.45) is 1.85. The molecule has 3 aromatic rings. The zero-order chi connectivity index (χ0) is 25.6. The van der Waals surface area contributed by atoms with Crippen LogP contribution < -0.4 is 19.1 Å². The lowest BCUT2D eigenvalue weighted by molar-refractivity contribution is 0.0954. The van der Waals surface area contributed by atoms with E-state index in [1.54, 1.807) is 38.5 Å². The second-order valence-corrected chi connectivity index (χ2v) is 10.3. The van der Waals surface area contributed by atoms with Gasteiger partial charge in [-0.25, -0.2) is 8.42 Å². The van der Waals surface area contributed by atoms with E-state index in [4.69, 9.17) is 9.47 Å². The minimum absolute atomic E-state index is 0.186. The number of amides is 1. The van der Waals surface area contributed by atoms with E-state index >= 15 is 0 Å². The fraction of sp³-hybridized carbons (Fsp3) is 0.296. The predicted octanol–water partition coefficient (Wildman–Crippen LogP) is 4.26. The summed E-state index contributed by atoms with van der Waals surface area (Å²) in [7, 11) is -0.322. The van der Waals surface area contributed by atoms with Crippen LogP contribution >= 0.6 is 0 Å². The number of methoxy groups -OCH3 is 2. The number of nitrogens with zero attached hydrogens (tertiary/aromatic N) is 1. The SMILES string of the molecule is COc1ccc(CCNC(=O)c2ccc(CN(c3c(C)cccc3C)S(C)(=O)=O)cc2)cc1OC. The van der Waals surface area contributed by atoms with E-state index < -0.39 is 10.0 Å². The molecule has 0 saturated heterocycles. The van der Waals surface area contributed by atoms with Gasteiger partial charge in [0.15, 0.2) is 11.5 Å². The fourth-order valence-corrected chi connectivity index (χ4v) is 4.95. The Hall–Kier alpha value is -3.52. The highest BCUT2D eigenvalue weighted by Crippen LogP contribution is 2.29. The maximum atomic E-state index is 12.6. The van der Waals surface area contributed by atoms with E-state index in [2.05, 4.69) is 5.32 Å². The number of aryl methyl sites for hydroxylation is 2. The molecule has 0 saturated carbocycles. The second-order valence-electron chi connectivity index (χ2n) is 8.40. The number of benzene rings is 3. The third kappa shape index (κ3) is 6.54. The molecule has 0 atom stereocenters. The topological polar surface area (TPSA) is 84.9 Å². The Balaban J connectivity index is 1.65. The number of hydrogen-bond donors (Lipinski definition) is 1. The van der Waals surface area contributed by atoms with Crippen molar-refractivity contribution in [3.63, 3.8) is 0 Å². The highest BCUT2D eigenvalue weighted by molar-refractivity contribution is 7.92. The average molecular weight is 497 g/mol. The van der Waals surface area contributed by atoms with Gasteiger partial charge in [-0.1, -0.05) is 36.4 Å². The third-order valence-corrected chi connectivity index (χ3v) is 6.89. The molecule has 186 valence electrons. The Kier molecular flexibility index (Phi) is 8.40. The van der Waals surface area contributed by atoms with Gasteiger partial charge in [0.1, 0.15) is 0 Å². The average Bonchev–Trinajstić information content (AvgIpc) is 2.82. The first-order valence-corrected chi connectivity index (χ1v) is 13.1. The first kappa shape index (κ1) is 26.1. The number of sulfonamides is 1. The Morgan fingerprint density at radius 1 is 0.886 bits per heavy atom. The van der Waals surface area contributed by atoms with Gasteiger partial charge in [-0.3, -0.25) is 9.10 Å². The van der Waals surface area contributed by atoms with Crippen molar-refractivity contribution >= 4 is 21.6 Å². The van der Waals surface area contributed by atoms with Crippen LogP contribution in [0.3, 0.4) is 0 Å². The summed E-state index contributed by atoms with van der Waals surface area (Å²) in [4.78, 5) is 12.6. The van der Waals surface area contributed by atoms with Crippen molar-refractivity contribution in [2.24, 2.45) is 0 Å². The van der Waals surface area contributed by atoms with Gasteiger partial charge in [0.05, 0.1) is 32.7 Å². The monoisotopic (exact) mass is 496 g/mol. The number of nitrogens with one attached hydrogen (secondary N) is 1. The second kappa shape index (κ2) is 11.3. The molecule has 1 amide bonds. The molecule has 0 unspecified atom stereocenters. The molecule has 8 heteroatoms. The molecule has 0 spiro atoms. The molecule has 0 bridgehead atoms. The third-order valence-electron chi connectivity index (χ3n) is 5.78. The molecule has 35 heavy (non-hydrogen) atoms. The quantitative estimate of drug-likeness (QED) is 0.453. The van der Waals surface area contributed by atoms with Gasteiger partial charge >= 0.3 is 0 Å². The molecule has 0 aliphatic rings. The number of rotatable bonds is 10. The standard InChI is InChI=1S/C27H32N2O5S/c1-19-7-6-8-20(2)26(19)29(35(5,31)32)18-22-9-12-23(13-10-22)27(30)28-16-15-21-11-14-24(33-3)25(17-21)34-4/h6-14,17H,15-16,18H2,1-5H3,(H,28,30). The number of carbonyl (C=O) groups excluding carboxylic acids is 1. The molecular weight excluding hydrogens is 464 g/mol. The molecule has 0 aliphatic heterocycles. The van der Waals surface area contributed by atoms with E-state index in [0.717, 1.165) is 22.3 Å². The molecule has 3 aromatic carbocycles. The highest BCUT2D eigenvalue weighted by atomic mass is 32.2. The maximum Gasteiger partial charge on any atom is 0.251 e. The molecule has 0 heterocycles. The number of para-hydroxylation sites is 1. The van der Waals surface area contributed by atoms with Gasteiger partial charge in [-0.05, 0) is 66.8 Å². The van der Waals surface area contributed by atoms with E-state index in [0.29, 0.717) is 35.7 Å².